The Kier molecular flexibility index (Phi) is 5.72. The summed E-state index contributed by atoms with van der Waals surface area (Å²) in [6.45, 7) is 16.4. The minimum absolute atomic E-state index is 0.319. The molecule has 0 heterocycles. The largest absolute Gasteiger partial charge is 0.687 e. The second kappa shape index (κ2) is 7.77. The van der Waals surface area contributed by atoms with E-state index in [9.17, 15) is 0 Å². The fourth-order valence-corrected chi connectivity index (χ4v) is 8.43. The van der Waals surface area contributed by atoms with Crippen LogP contribution in [0.25, 0.3) is 10.7 Å². The maximum Gasteiger partial charge on any atom is 0.172 e. The second-order valence-electron chi connectivity index (χ2n) is 12.5. The number of aryl methyl sites for hydroxylation is 1. The maximum absolute atomic E-state index is 5.55. The van der Waals surface area contributed by atoms with Gasteiger partial charge < -0.3 is 9.64 Å². The highest BCUT2D eigenvalue weighted by molar-refractivity contribution is 6.82. The summed E-state index contributed by atoms with van der Waals surface area (Å²) in [5, 5.41) is 0. The van der Waals surface area contributed by atoms with Crippen molar-refractivity contribution in [3.05, 3.63) is 46.5 Å². The first-order valence-corrected chi connectivity index (χ1v) is 18.9. The molecule has 4 saturated carbocycles. The van der Waals surface area contributed by atoms with E-state index in [0.717, 1.165) is 17.8 Å². The zero-order valence-electron chi connectivity index (χ0n) is 20.3. The van der Waals surface area contributed by atoms with Crippen LogP contribution in [0.3, 0.4) is 0 Å². The lowest BCUT2D eigenvalue weighted by Crippen LogP contribution is -2.50. The van der Waals surface area contributed by atoms with E-state index in [1.807, 2.05) is 0 Å². The number of rotatable bonds is 6. The minimum Gasteiger partial charge on any atom is -0.687 e. The Bertz CT molecular complexity index is 802. The molecule has 0 unspecified atom stereocenters. The van der Waals surface area contributed by atoms with Gasteiger partial charge in [-0.15, -0.1) is 5.70 Å². The van der Waals surface area contributed by atoms with Crippen molar-refractivity contribution in [3.63, 3.8) is 0 Å². The molecule has 0 radical (unpaired) electrons. The van der Waals surface area contributed by atoms with Gasteiger partial charge in [0.05, 0.1) is 0 Å². The van der Waals surface area contributed by atoms with Crippen molar-refractivity contribution in [1.82, 2.24) is 0 Å². The molecule has 0 atom stereocenters. The molecule has 0 spiro atoms. The second-order valence-corrected chi connectivity index (χ2v) is 21.7. The highest BCUT2D eigenvalue weighted by Gasteiger charge is 2.52. The first-order chi connectivity index (χ1) is 13.9. The molecule has 4 bridgehead atoms. The molecule has 5 rings (SSSR count). The molecule has 164 valence electrons. The summed E-state index contributed by atoms with van der Waals surface area (Å²) in [6, 6.07) is 8.97. The molecule has 1 aromatic rings. The zero-order chi connectivity index (χ0) is 21.7. The summed E-state index contributed by atoms with van der Waals surface area (Å²) in [7, 11) is -3.21. The molecule has 2 nitrogen and oxygen atoms in total. The summed E-state index contributed by atoms with van der Waals surface area (Å²) in [5.74, 6) is 2.81. The standard InChI is InChI=1S/C26H41N2Si2/c1-19-8-10-23(11-9-19)24(27-29(2,3)4)15-25(28-30(5,6)7)26-16-20-12-21(17-26)14-22(13-20)18-26/h8-11,15,20-22H,12-14,16-18H2,1-7H3/q-1/b24-15-,28-25+. The van der Waals surface area contributed by atoms with Crippen LogP contribution in [0.1, 0.15) is 49.7 Å². The van der Waals surface area contributed by atoms with Crippen LogP contribution < -0.4 is 0 Å². The van der Waals surface area contributed by atoms with E-state index in [4.69, 9.17) is 9.64 Å². The van der Waals surface area contributed by atoms with Gasteiger partial charge in [-0.05, 0) is 96.6 Å². The van der Waals surface area contributed by atoms with E-state index in [0.29, 0.717) is 5.41 Å². The number of allylic oxidation sites excluding steroid dienone is 1. The number of nitrogens with zero attached hydrogens (tertiary/aromatic N) is 2. The van der Waals surface area contributed by atoms with Gasteiger partial charge in [-0.1, -0.05) is 55.5 Å². The van der Waals surface area contributed by atoms with Gasteiger partial charge in [-0.25, -0.2) is 0 Å². The predicted octanol–water partition coefficient (Wildman–Crippen LogP) is 8.04. The Morgan fingerprint density at radius 1 is 0.900 bits per heavy atom. The summed E-state index contributed by atoms with van der Waals surface area (Å²) >= 11 is 0. The molecule has 0 saturated heterocycles. The van der Waals surface area contributed by atoms with Gasteiger partial charge in [0.1, 0.15) is 0 Å². The van der Waals surface area contributed by atoms with E-state index in [1.165, 1.54) is 61.1 Å². The lowest BCUT2D eigenvalue weighted by molar-refractivity contribution is -0.0117. The molecule has 4 aliphatic carbocycles. The molecule has 0 aromatic heterocycles. The Balaban J connectivity index is 1.80. The fourth-order valence-electron chi connectivity index (χ4n) is 6.48. The van der Waals surface area contributed by atoms with E-state index in [1.54, 1.807) is 0 Å². The normalized spacial score (nSPS) is 31.9. The monoisotopic (exact) mass is 437 g/mol. The molecule has 0 aliphatic heterocycles. The molecule has 4 fully saturated rings. The maximum atomic E-state index is 5.55. The van der Waals surface area contributed by atoms with E-state index in [2.05, 4.69) is 76.5 Å². The minimum atomic E-state index is -1.62. The topological polar surface area (TPSA) is 26.5 Å². The van der Waals surface area contributed by atoms with Crippen molar-refractivity contribution < 1.29 is 0 Å². The Hall–Kier alpha value is -1.14. The van der Waals surface area contributed by atoms with Gasteiger partial charge in [0.25, 0.3) is 0 Å². The quantitative estimate of drug-likeness (QED) is 0.318. The molecule has 30 heavy (non-hydrogen) atoms. The molecular formula is C26H41N2Si2-. The predicted molar refractivity (Wildman–Crippen MR) is 137 cm³/mol. The third-order valence-corrected chi connectivity index (χ3v) is 8.94. The van der Waals surface area contributed by atoms with Gasteiger partial charge in [0.2, 0.25) is 0 Å². The van der Waals surface area contributed by atoms with Gasteiger partial charge in [-0.3, -0.25) is 0 Å². The van der Waals surface area contributed by atoms with Crippen LogP contribution in [-0.2, 0) is 0 Å². The molecular weight excluding hydrogens is 396 g/mol. The van der Waals surface area contributed by atoms with E-state index < -0.39 is 16.5 Å². The van der Waals surface area contributed by atoms with Crippen molar-refractivity contribution in [3.8, 4) is 0 Å². The average molecular weight is 438 g/mol. The van der Waals surface area contributed by atoms with Crippen LogP contribution in [0.4, 0.5) is 0 Å². The van der Waals surface area contributed by atoms with Gasteiger partial charge in [-0.2, -0.15) is 0 Å². The van der Waals surface area contributed by atoms with Gasteiger partial charge in [0, 0.05) is 11.1 Å². The third-order valence-electron chi connectivity index (χ3n) is 7.11. The Labute approximate surface area is 186 Å². The van der Waals surface area contributed by atoms with Crippen LogP contribution in [-0.4, -0.2) is 22.2 Å². The van der Waals surface area contributed by atoms with Crippen LogP contribution in [0.5, 0.6) is 0 Å². The van der Waals surface area contributed by atoms with E-state index >= 15 is 0 Å². The smallest absolute Gasteiger partial charge is 0.172 e. The first kappa shape index (κ1) is 22.1. The summed E-state index contributed by atoms with van der Waals surface area (Å²) in [6.07, 6.45) is 11.0. The number of hydrogen-bond donors (Lipinski definition) is 0. The zero-order valence-corrected chi connectivity index (χ0v) is 22.3. The fraction of sp³-hybridized carbons (Fsp3) is 0.654. The lowest BCUT2D eigenvalue weighted by atomic mass is 9.48. The SMILES string of the molecule is Cc1ccc(/C(=C/C(=N\[Si](C)(C)C)C23CC4CC(CC(C4)C2)C3)[N-][Si](C)(C)C)cc1. The van der Waals surface area contributed by atoms with Gasteiger partial charge >= 0.3 is 0 Å². The average Bonchev–Trinajstić information content (AvgIpc) is 2.57. The van der Waals surface area contributed by atoms with Crippen molar-refractivity contribution in [2.24, 2.45) is 27.8 Å². The Morgan fingerprint density at radius 2 is 1.40 bits per heavy atom. The summed E-state index contributed by atoms with van der Waals surface area (Å²) in [5.41, 5.74) is 5.49. The molecule has 4 heteroatoms. The first-order valence-electron chi connectivity index (χ1n) is 12.0. The van der Waals surface area contributed by atoms with Crippen LogP contribution >= 0.6 is 0 Å². The summed E-state index contributed by atoms with van der Waals surface area (Å²) < 4.78 is 5.55. The highest BCUT2D eigenvalue weighted by Crippen LogP contribution is 2.61. The molecule has 4 aliphatic rings. The number of benzene rings is 1. The molecule has 0 N–H and O–H groups in total. The Morgan fingerprint density at radius 3 is 1.83 bits per heavy atom. The number of hydrogen-bond acceptors (Lipinski definition) is 1. The van der Waals surface area contributed by atoms with Gasteiger partial charge in [0.15, 0.2) is 8.24 Å². The van der Waals surface area contributed by atoms with E-state index in [-0.39, 0.29) is 0 Å². The van der Waals surface area contributed by atoms with Crippen LogP contribution in [0.15, 0.2) is 35.0 Å². The third kappa shape index (κ3) is 5.01. The molecule has 0 amide bonds. The van der Waals surface area contributed by atoms with Crippen LogP contribution in [0.2, 0.25) is 39.3 Å². The van der Waals surface area contributed by atoms with Crippen molar-refractivity contribution in [2.45, 2.75) is 84.7 Å². The van der Waals surface area contributed by atoms with Crippen LogP contribution in [0, 0.1) is 30.1 Å². The highest BCUT2D eigenvalue weighted by atomic mass is 28.3. The van der Waals surface area contributed by atoms with Crippen molar-refractivity contribution in [1.29, 1.82) is 0 Å². The van der Waals surface area contributed by atoms with Crippen molar-refractivity contribution in [2.75, 3.05) is 0 Å². The summed E-state index contributed by atoms with van der Waals surface area (Å²) in [4.78, 5) is 5.34. The lowest BCUT2D eigenvalue weighted by Gasteiger charge is -2.57. The molecule has 1 aromatic carbocycles. The van der Waals surface area contributed by atoms with Crippen molar-refractivity contribution >= 4 is 27.9 Å².